The molecular formula is C38H49ClO2. The zero-order valence-corrected chi connectivity index (χ0v) is 26.3. The minimum atomic E-state index is -0.234. The van der Waals surface area contributed by atoms with Gasteiger partial charge in [0.15, 0.2) is 0 Å². The SMILES string of the molecule is CC(=O)O[C@H]1CC[C@]2(C)[C@H]3CC[C@@]4(C)[C@H](CC[C@H]4[C@@H](C)CC=C(c4ccccc4)c4ccccc4)[C@H]3CC[C@]2(Cl)C1. The van der Waals surface area contributed by atoms with Gasteiger partial charge in [0.05, 0.1) is 4.87 Å². The summed E-state index contributed by atoms with van der Waals surface area (Å²) in [6.45, 7) is 9.21. The predicted molar refractivity (Wildman–Crippen MR) is 170 cm³/mol. The van der Waals surface area contributed by atoms with Gasteiger partial charge in [0.2, 0.25) is 0 Å². The zero-order chi connectivity index (χ0) is 28.8. The van der Waals surface area contributed by atoms with Crippen molar-refractivity contribution in [1.29, 1.82) is 0 Å². The van der Waals surface area contributed by atoms with E-state index in [1.807, 2.05) is 0 Å². The van der Waals surface area contributed by atoms with E-state index in [9.17, 15) is 4.79 Å². The first-order valence-electron chi connectivity index (χ1n) is 16.3. The lowest BCUT2D eigenvalue weighted by atomic mass is 9.44. The molecule has 0 saturated heterocycles. The van der Waals surface area contributed by atoms with Gasteiger partial charge in [0.25, 0.3) is 0 Å². The summed E-state index contributed by atoms with van der Waals surface area (Å²) < 4.78 is 5.68. The Balaban J connectivity index is 1.19. The van der Waals surface area contributed by atoms with E-state index in [0.717, 1.165) is 49.9 Å². The van der Waals surface area contributed by atoms with Gasteiger partial charge in [-0.2, -0.15) is 0 Å². The zero-order valence-electron chi connectivity index (χ0n) is 25.6. The lowest BCUT2D eigenvalue weighted by Gasteiger charge is -2.64. The lowest BCUT2D eigenvalue weighted by molar-refractivity contribution is -0.157. The normalized spacial score (nSPS) is 38.6. The van der Waals surface area contributed by atoms with Crippen LogP contribution in [0.3, 0.4) is 0 Å². The van der Waals surface area contributed by atoms with E-state index >= 15 is 0 Å². The van der Waals surface area contributed by atoms with Gasteiger partial charge in [-0.05, 0) is 115 Å². The van der Waals surface area contributed by atoms with Crippen LogP contribution in [0, 0.1) is 40.4 Å². The van der Waals surface area contributed by atoms with Gasteiger partial charge >= 0.3 is 5.97 Å². The van der Waals surface area contributed by atoms with Gasteiger partial charge in [0, 0.05) is 13.3 Å². The van der Waals surface area contributed by atoms with Gasteiger partial charge in [0.1, 0.15) is 6.10 Å². The van der Waals surface area contributed by atoms with Crippen LogP contribution in [0.25, 0.3) is 5.57 Å². The Morgan fingerprint density at radius 2 is 1.56 bits per heavy atom. The molecule has 0 heterocycles. The van der Waals surface area contributed by atoms with Crippen molar-refractivity contribution < 1.29 is 9.53 Å². The maximum atomic E-state index is 11.7. The molecule has 4 saturated carbocycles. The molecule has 9 atom stereocenters. The summed E-state index contributed by atoms with van der Waals surface area (Å²) in [4.78, 5) is 11.5. The molecule has 0 aromatic heterocycles. The molecule has 0 bridgehead atoms. The Morgan fingerprint density at radius 3 is 2.20 bits per heavy atom. The van der Waals surface area contributed by atoms with Crippen LogP contribution in [0.2, 0.25) is 0 Å². The third-order valence-electron chi connectivity index (χ3n) is 12.6. The highest BCUT2D eigenvalue weighted by Crippen LogP contribution is 2.70. The number of esters is 1. The predicted octanol–water partition coefficient (Wildman–Crippen LogP) is 10.1. The Hall–Kier alpha value is -2.06. The quantitative estimate of drug-likeness (QED) is 0.254. The van der Waals surface area contributed by atoms with Crippen LogP contribution in [0.1, 0.15) is 103 Å². The fraction of sp³-hybridized carbons (Fsp3) is 0.605. The standard InChI is InChI=1S/C38H49ClO2/c1-26(15-16-31(28-11-7-5-8-12-28)29-13-9-6-10-14-29)33-17-18-34-32-20-24-38(39)25-30(41-27(2)40)19-23-37(38,4)35(32)21-22-36(33,34)3/h5-14,16,26,30,32-35H,15,17-25H2,1-4H3/t26-,30-,32+,33-,34+,35-,36+,37+,38-/m0/s1. The van der Waals surface area contributed by atoms with Crippen LogP contribution in [0.15, 0.2) is 66.7 Å². The molecule has 0 aliphatic heterocycles. The number of allylic oxidation sites excluding steroid dienone is 1. The first kappa shape index (κ1) is 29.0. The van der Waals surface area contributed by atoms with Gasteiger partial charge in [-0.25, -0.2) is 0 Å². The number of ether oxygens (including phenoxy) is 1. The van der Waals surface area contributed by atoms with E-state index in [1.54, 1.807) is 0 Å². The molecule has 3 heteroatoms. The Morgan fingerprint density at radius 1 is 0.902 bits per heavy atom. The molecule has 2 aromatic rings. The number of hydrogen-bond donors (Lipinski definition) is 0. The number of alkyl halides is 1. The van der Waals surface area contributed by atoms with Crippen LogP contribution in [0.4, 0.5) is 0 Å². The molecule has 2 nitrogen and oxygen atoms in total. The second-order valence-electron chi connectivity index (χ2n) is 14.6. The largest absolute Gasteiger partial charge is 0.462 e. The topological polar surface area (TPSA) is 26.3 Å². The van der Waals surface area contributed by atoms with Crippen LogP contribution >= 0.6 is 11.6 Å². The summed E-state index contributed by atoms with van der Waals surface area (Å²) in [7, 11) is 0. The Kier molecular flexibility index (Phi) is 7.94. The lowest BCUT2D eigenvalue weighted by Crippen LogP contribution is -2.60. The first-order chi connectivity index (χ1) is 19.6. The summed E-state index contributed by atoms with van der Waals surface area (Å²) >= 11 is 7.55. The molecule has 0 radical (unpaired) electrons. The summed E-state index contributed by atoms with van der Waals surface area (Å²) in [6.07, 6.45) is 14.2. The third kappa shape index (κ3) is 5.11. The fourth-order valence-corrected chi connectivity index (χ4v) is 11.1. The number of hydrogen-bond acceptors (Lipinski definition) is 2. The van der Waals surface area contributed by atoms with Gasteiger partial charge in [-0.3, -0.25) is 4.79 Å². The number of carbonyl (C=O) groups is 1. The molecule has 4 aliphatic carbocycles. The second-order valence-corrected chi connectivity index (χ2v) is 15.3. The molecule has 0 spiro atoms. The molecule has 0 N–H and O–H groups in total. The number of fused-ring (bicyclic) bond motifs is 5. The first-order valence-corrected chi connectivity index (χ1v) is 16.7. The van der Waals surface area contributed by atoms with Gasteiger partial charge < -0.3 is 4.74 Å². The van der Waals surface area contributed by atoms with Crippen molar-refractivity contribution in [3.05, 3.63) is 77.9 Å². The molecule has 2 aromatic carbocycles. The average molecular weight is 573 g/mol. The highest BCUT2D eigenvalue weighted by atomic mass is 35.5. The number of benzene rings is 2. The van der Waals surface area contributed by atoms with Crippen molar-refractivity contribution in [3.63, 3.8) is 0 Å². The van der Waals surface area contributed by atoms with Gasteiger partial charge in [-0.15, -0.1) is 11.6 Å². The molecule has 4 fully saturated rings. The van der Waals surface area contributed by atoms with Crippen LogP contribution in [0.5, 0.6) is 0 Å². The maximum Gasteiger partial charge on any atom is 0.302 e. The van der Waals surface area contributed by atoms with Crippen molar-refractivity contribution in [1.82, 2.24) is 0 Å². The van der Waals surface area contributed by atoms with E-state index in [4.69, 9.17) is 16.3 Å². The van der Waals surface area contributed by atoms with Crippen LogP contribution < -0.4 is 0 Å². The Labute approximate surface area is 253 Å². The third-order valence-corrected chi connectivity index (χ3v) is 13.4. The van der Waals surface area contributed by atoms with Crippen LogP contribution in [-0.2, 0) is 9.53 Å². The van der Waals surface area contributed by atoms with E-state index in [2.05, 4.69) is 87.5 Å². The second kappa shape index (κ2) is 11.2. The molecule has 6 rings (SSSR count). The summed E-state index contributed by atoms with van der Waals surface area (Å²) in [6, 6.07) is 21.8. The average Bonchev–Trinajstić information content (AvgIpc) is 3.32. The molecule has 0 unspecified atom stereocenters. The monoisotopic (exact) mass is 572 g/mol. The minimum absolute atomic E-state index is 0.00934. The number of rotatable bonds is 6. The summed E-state index contributed by atoms with van der Waals surface area (Å²) in [5, 5.41) is 0. The molecule has 41 heavy (non-hydrogen) atoms. The Bertz CT molecular complexity index is 1210. The van der Waals surface area contributed by atoms with E-state index < -0.39 is 0 Å². The fourth-order valence-electron chi connectivity index (χ4n) is 10.6. The molecule has 220 valence electrons. The molecular weight excluding hydrogens is 524 g/mol. The smallest absolute Gasteiger partial charge is 0.302 e. The van der Waals surface area contributed by atoms with E-state index in [-0.39, 0.29) is 22.4 Å². The van der Waals surface area contributed by atoms with Crippen molar-refractivity contribution in [2.45, 2.75) is 103 Å². The summed E-state index contributed by atoms with van der Waals surface area (Å²) in [5.41, 5.74) is 4.55. The summed E-state index contributed by atoms with van der Waals surface area (Å²) in [5.74, 6) is 3.56. The van der Waals surface area contributed by atoms with Crippen molar-refractivity contribution in [2.24, 2.45) is 40.4 Å². The van der Waals surface area contributed by atoms with Crippen molar-refractivity contribution in [3.8, 4) is 0 Å². The highest BCUT2D eigenvalue weighted by Gasteiger charge is 2.64. The minimum Gasteiger partial charge on any atom is -0.462 e. The van der Waals surface area contributed by atoms with E-state index in [0.29, 0.717) is 17.3 Å². The number of carbonyl (C=O) groups excluding carboxylic acids is 1. The van der Waals surface area contributed by atoms with Gasteiger partial charge in [-0.1, -0.05) is 87.5 Å². The van der Waals surface area contributed by atoms with Crippen LogP contribution in [-0.4, -0.2) is 16.9 Å². The molecule has 4 aliphatic rings. The number of halogens is 1. The maximum absolute atomic E-state index is 11.7. The van der Waals surface area contributed by atoms with Crippen molar-refractivity contribution >= 4 is 23.1 Å². The highest BCUT2D eigenvalue weighted by molar-refractivity contribution is 6.24. The van der Waals surface area contributed by atoms with E-state index in [1.165, 1.54) is 55.7 Å². The van der Waals surface area contributed by atoms with Crippen molar-refractivity contribution in [2.75, 3.05) is 0 Å². The molecule has 0 amide bonds.